The maximum absolute atomic E-state index is 5.68. The van der Waals surface area contributed by atoms with E-state index >= 15 is 0 Å². The number of fused-ring (bicyclic) bond motifs is 2. The van der Waals surface area contributed by atoms with Gasteiger partial charge in [0.25, 0.3) is 0 Å². The molecule has 0 atom stereocenters. The van der Waals surface area contributed by atoms with E-state index in [-0.39, 0.29) is 5.48 Å². The lowest BCUT2D eigenvalue weighted by molar-refractivity contribution is 0.685. The quantitative estimate of drug-likeness (QED) is 0.493. The van der Waals surface area contributed by atoms with E-state index in [1.807, 2.05) is 6.07 Å². The second kappa shape index (κ2) is 8.69. The Morgan fingerprint density at radius 2 is 1.13 bits per heavy atom. The number of anilines is 1. The van der Waals surface area contributed by atoms with Crippen LogP contribution in [0.15, 0.2) is 36.4 Å². The Hall–Kier alpha value is -1.07. The average Bonchev–Trinajstić information content (AvgIpc) is 2.55. The van der Waals surface area contributed by atoms with Gasteiger partial charge in [0.05, 0.1) is 0 Å². The molecule has 124 valence electrons. The van der Waals surface area contributed by atoms with E-state index < -0.39 is 0 Å². The first-order chi connectivity index (χ1) is 10.7. The molecule has 0 amide bonds. The average molecular weight is 423 g/mol. The molecule has 2 aromatic rings. The molecule has 0 heterocycles. The van der Waals surface area contributed by atoms with Gasteiger partial charge in [-0.05, 0) is 120 Å². The van der Waals surface area contributed by atoms with E-state index in [2.05, 4.69) is 52.9 Å². The van der Waals surface area contributed by atoms with Crippen molar-refractivity contribution in [3.8, 4) is 0 Å². The largest absolute Gasteiger partial charge is 0.412 e. The lowest BCUT2D eigenvalue weighted by atomic mass is 9.91. The Kier molecular flexibility index (Phi) is 6.90. The summed E-state index contributed by atoms with van der Waals surface area (Å²) >= 11 is 2.39. The van der Waals surface area contributed by atoms with Crippen molar-refractivity contribution < 1.29 is 5.48 Å². The molecule has 0 aromatic heterocycles. The molecule has 0 saturated heterocycles. The summed E-state index contributed by atoms with van der Waals surface area (Å²) in [4.78, 5) is 0. The number of aryl methyl sites for hydroxylation is 4. The van der Waals surface area contributed by atoms with Gasteiger partial charge in [-0.15, -0.1) is 0 Å². The van der Waals surface area contributed by atoms with Gasteiger partial charge in [0.2, 0.25) is 0 Å². The highest BCUT2D eigenvalue weighted by atomic mass is 127. The van der Waals surface area contributed by atoms with Gasteiger partial charge < -0.3 is 11.2 Å². The van der Waals surface area contributed by atoms with Crippen LogP contribution in [-0.2, 0) is 25.7 Å². The predicted molar refractivity (Wildman–Crippen MR) is 107 cm³/mol. The number of halogens is 1. The van der Waals surface area contributed by atoms with Crippen LogP contribution >= 0.6 is 22.6 Å². The molecule has 2 aliphatic carbocycles. The first-order valence-electron chi connectivity index (χ1n) is 8.37. The van der Waals surface area contributed by atoms with Crippen molar-refractivity contribution >= 4 is 28.3 Å². The first-order valence-corrected chi connectivity index (χ1v) is 9.45. The molecule has 4 rings (SSSR count). The molecule has 0 spiro atoms. The van der Waals surface area contributed by atoms with Gasteiger partial charge in [-0.1, -0.05) is 12.1 Å². The van der Waals surface area contributed by atoms with E-state index in [1.54, 1.807) is 11.1 Å². The molecule has 4 N–H and O–H groups in total. The molecule has 2 aliphatic rings. The summed E-state index contributed by atoms with van der Waals surface area (Å²) in [6.07, 6.45) is 10.5. The zero-order chi connectivity index (χ0) is 15.4. The van der Waals surface area contributed by atoms with E-state index in [4.69, 9.17) is 5.73 Å². The Morgan fingerprint density at radius 3 is 1.74 bits per heavy atom. The fourth-order valence-corrected chi connectivity index (χ4v) is 4.01. The number of nitrogens with two attached hydrogens (primary N) is 1. The third-order valence-electron chi connectivity index (χ3n) is 4.68. The second-order valence-electron chi connectivity index (χ2n) is 6.36. The van der Waals surface area contributed by atoms with Crippen molar-refractivity contribution in [1.82, 2.24) is 0 Å². The predicted octanol–water partition coefficient (Wildman–Crippen LogP) is 4.49. The number of hydrogen-bond acceptors (Lipinski definition) is 1. The van der Waals surface area contributed by atoms with E-state index in [0.717, 1.165) is 5.69 Å². The smallest absolute Gasteiger partial charge is 0.0316 e. The molecule has 3 heteroatoms. The second-order valence-corrected chi connectivity index (χ2v) is 7.60. The number of hydrogen-bond donors (Lipinski definition) is 1. The Balaban J connectivity index is 0.000000160. The van der Waals surface area contributed by atoms with Gasteiger partial charge in [0, 0.05) is 9.26 Å². The highest BCUT2D eigenvalue weighted by Gasteiger charge is 2.08. The van der Waals surface area contributed by atoms with Crippen molar-refractivity contribution in [1.29, 1.82) is 0 Å². The van der Waals surface area contributed by atoms with Crippen LogP contribution in [-0.4, -0.2) is 5.48 Å². The lowest BCUT2D eigenvalue weighted by Crippen LogP contribution is -2.02. The van der Waals surface area contributed by atoms with Crippen LogP contribution in [0.1, 0.15) is 47.9 Å². The van der Waals surface area contributed by atoms with Gasteiger partial charge in [-0.2, -0.15) is 0 Å². The molecule has 2 aromatic carbocycles. The summed E-state index contributed by atoms with van der Waals surface area (Å²) < 4.78 is 1.38. The summed E-state index contributed by atoms with van der Waals surface area (Å²) in [5, 5.41) is 0. The SMILES string of the molecule is Ic1ccc2c(c1)CCCC2.Nc1ccc2c(c1)CCCC2.O. The Morgan fingerprint density at radius 1 is 0.652 bits per heavy atom. The summed E-state index contributed by atoms with van der Waals surface area (Å²) in [6, 6.07) is 13.1. The molecule has 0 aliphatic heterocycles. The Bertz CT molecular complexity index is 597. The topological polar surface area (TPSA) is 57.5 Å². The molecular formula is C20H26INO. The van der Waals surface area contributed by atoms with Crippen LogP contribution in [0, 0.1) is 3.57 Å². The normalized spacial score (nSPS) is 15.3. The van der Waals surface area contributed by atoms with Gasteiger partial charge in [0.15, 0.2) is 0 Å². The fourth-order valence-electron chi connectivity index (χ4n) is 3.46. The maximum Gasteiger partial charge on any atom is 0.0316 e. The zero-order valence-electron chi connectivity index (χ0n) is 13.6. The summed E-state index contributed by atoms with van der Waals surface area (Å²) in [5.41, 5.74) is 12.7. The number of nitrogen functional groups attached to an aromatic ring is 1. The molecule has 0 radical (unpaired) electrons. The van der Waals surface area contributed by atoms with Crippen LogP contribution in [0.2, 0.25) is 0 Å². The van der Waals surface area contributed by atoms with E-state index in [1.165, 1.54) is 66.1 Å². The van der Waals surface area contributed by atoms with Crippen LogP contribution in [0.4, 0.5) is 5.69 Å². The summed E-state index contributed by atoms with van der Waals surface area (Å²) in [5.74, 6) is 0. The third kappa shape index (κ3) is 4.95. The maximum atomic E-state index is 5.68. The zero-order valence-corrected chi connectivity index (χ0v) is 15.7. The number of benzene rings is 2. The first kappa shape index (κ1) is 18.3. The molecule has 0 saturated carbocycles. The van der Waals surface area contributed by atoms with Crippen LogP contribution < -0.4 is 5.73 Å². The van der Waals surface area contributed by atoms with Crippen LogP contribution in [0.5, 0.6) is 0 Å². The van der Waals surface area contributed by atoms with Crippen molar-refractivity contribution in [2.75, 3.05) is 5.73 Å². The minimum absolute atomic E-state index is 0. The van der Waals surface area contributed by atoms with Crippen molar-refractivity contribution in [3.63, 3.8) is 0 Å². The monoisotopic (exact) mass is 423 g/mol. The van der Waals surface area contributed by atoms with E-state index in [9.17, 15) is 0 Å². The molecule has 2 nitrogen and oxygen atoms in total. The van der Waals surface area contributed by atoms with Crippen LogP contribution in [0.3, 0.4) is 0 Å². The minimum Gasteiger partial charge on any atom is -0.412 e. The minimum atomic E-state index is 0. The van der Waals surface area contributed by atoms with Crippen molar-refractivity contribution in [3.05, 3.63) is 62.2 Å². The fraction of sp³-hybridized carbons (Fsp3) is 0.400. The highest BCUT2D eigenvalue weighted by Crippen LogP contribution is 2.23. The van der Waals surface area contributed by atoms with Crippen molar-refractivity contribution in [2.24, 2.45) is 0 Å². The molecule has 0 bridgehead atoms. The number of rotatable bonds is 0. The Labute approximate surface area is 152 Å². The van der Waals surface area contributed by atoms with E-state index in [0.29, 0.717) is 0 Å². The molecule has 0 fully saturated rings. The molecule has 0 unspecified atom stereocenters. The van der Waals surface area contributed by atoms with Gasteiger partial charge in [-0.25, -0.2) is 0 Å². The third-order valence-corrected chi connectivity index (χ3v) is 5.35. The summed E-state index contributed by atoms with van der Waals surface area (Å²) in [7, 11) is 0. The van der Waals surface area contributed by atoms with Gasteiger partial charge in [0.1, 0.15) is 0 Å². The highest BCUT2D eigenvalue weighted by molar-refractivity contribution is 14.1. The van der Waals surface area contributed by atoms with Crippen LogP contribution in [0.25, 0.3) is 0 Å². The van der Waals surface area contributed by atoms with Gasteiger partial charge >= 0.3 is 0 Å². The standard InChI is InChI=1S/C10H11I.C10H13N.H2O/c2*11-10-6-5-8-3-1-2-4-9(8)7-10;/h5-7H,1-4H2;5-7H,1-4,11H2;1H2. The van der Waals surface area contributed by atoms with Gasteiger partial charge in [-0.3, -0.25) is 0 Å². The lowest BCUT2D eigenvalue weighted by Gasteiger charge is -2.15. The molecule has 23 heavy (non-hydrogen) atoms. The molecular weight excluding hydrogens is 397 g/mol. The van der Waals surface area contributed by atoms with Crippen molar-refractivity contribution in [2.45, 2.75) is 51.4 Å². The summed E-state index contributed by atoms with van der Waals surface area (Å²) in [6.45, 7) is 0.